The summed E-state index contributed by atoms with van der Waals surface area (Å²) >= 11 is 6.53. The largest absolute Gasteiger partial charge is 0.427 e. The van der Waals surface area contributed by atoms with Gasteiger partial charge in [0.25, 0.3) is 0 Å². The van der Waals surface area contributed by atoms with Crippen molar-refractivity contribution < 1.29 is 9.05 Å². The van der Waals surface area contributed by atoms with E-state index in [1.165, 1.54) is 22.3 Å². The molecule has 0 amide bonds. The van der Waals surface area contributed by atoms with Crippen molar-refractivity contribution in [1.82, 2.24) is 0 Å². The van der Waals surface area contributed by atoms with Crippen molar-refractivity contribution in [1.29, 1.82) is 0 Å². The maximum Gasteiger partial charge on any atom is 0.401 e. The van der Waals surface area contributed by atoms with Crippen molar-refractivity contribution in [2.24, 2.45) is 0 Å². The summed E-state index contributed by atoms with van der Waals surface area (Å²) in [6, 6.07) is 12.7. The summed E-state index contributed by atoms with van der Waals surface area (Å²) in [5.74, 6) is 3.29. The summed E-state index contributed by atoms with van der Waals surface area (Å²) in [7, 11) is -1.59. The molecule has 0 aliphatic rings. The highest BCUT2D eigenvalue weighted by molar-refractivity contribution is 7.76. The van der Waals surface area contributed by atoms with Crippen LogP contribution in [0.4, 0.5) is 0 Å². The number of hydrogen-bond donors (Lipinski definition) is 0. The second-order valence-corrected chi connectivity index (χ2v) is 10.2. The van der Waals surface area contributed by atoms with Crippen LogP contribution in [0.15, 0.2) is 36.4 Å². The standard InChI is InChI=1S/C24H34ClO2P/c1-15(2)19-9-11-23(21(13-19)17(5)6)26-28(25)27-24-12-10-20(16(3)4)14-22(24)18(7)8/h9-18H,1-8H3. The van der Waals surface area contributed by atoms with Crippen LogP contribution in [0, 0.1) is 0 Å². The summed E-state index contributed by atoms with van der Waals surface area (Å²) in [5, 5.41) is 0. The minimum atomic E-state index is -1.59. The van der Waals surface area contributed by atoms with E-state index in [9.17, 15) is 0 Å². The van der Waals surface area contributed by atoms with Gasteiger partial charge in [-0.3, -0.25) is 0 Å². The Morgan fingerprint density at radius 2 is 0.964 bits per heavy atom. The molecule has 0 bridgehead atoms. The number of hydrogen-bond acceptors (Lipinski definition) is 2. The third-order valence-electron chi connectivity index (χ3n) is 4.99. The lowest BCUT2D eigenvalue weighted by atomic mass is 9.95. The highest BCUT2D eigenvalue weighted by Gasteiger charge is 2.19. The van der Waals surface area contributed by atoms with Crippen LogP contribution in [0.2, 0.25) is 0 Å². The van der Waals surface area contributed by atoms with Gasteiger partial charge in [0.1, 0.15) is 11.5 Å². The molecule has 0 unspecified atom stereocenters. The molecule has 0 N–H and O–H groups in total. The van der Waals surface area contributed by atoms with E-state index < -0.39 is 7.73 Å². The molecule has 28 heavy (non-hydrogen) atoms. The molecule has 0 fully saturated rings. The third kappa shape index (κ3) is 5.88. The van der Waals surface area contributed by atoms with Crippen LogP contribution in [-0.4, -0.2) is 0 Å². The molecular formula is C24H34ClO2P. The molecule has 2 nitrogen and oxygen atoms in total. The zero-order valence-electron chi connectivity index (χ0n) is 18.4. The van der Waals surface area contributed by atoms with Gasteiger partial charge in [-0.15, -0.1) is 0 Å². The Labute approximate surface area is 177 Å². The first-order chi connectivity index (χ1) is 13.1. The Kier molecular flexibility index (Phi) is 8.22. The van der Waals surface area contributed by atoms with Crippen LogP contribution in [0.3, 0.4) is 0 Å². The fourth-order valence-corrected chi connectivity index (χ4v) is 4.22. The van der Waals surface area contributed by atoms with Crippen molar-refractivity contribution >= 4 is 19.0 Å². The predicted octanol–water partition coefficient (Wildman–Crippen LogP) is 9.10. The van der Waals surface area contributed by atoms with E-state index in [0.717, 1.165) is 11.5 Å². The van der Waals surface area contributed by atoms with Gasteiger partial charge in [-0.1, -0.05) is 79.7 Å². The molecule has 2 rings (SSSR count). The lowest BCUT2D eigenvalue weighted by Crippen LogP contribution is -2.01. The summed E-state index contributed by atoms with van der Waals surface area (Å²) in [4.78, 5) is 0. The topological polar surface area (TPSA) is 18.5 Å². The van der Waals surface area contributed by atoms with E-state index in [1.807, 2.05) is 12.1 Å². The van der Waals surface area contributed by atoms with Gasteiger partial charge < -0.3 is 9.05 Å². The highest BCUT2D eigenvalue weighted by atomic mass is 35.7. The van der Waals surface area contributed by atoms with E-state index in [4.69, 9.17) is 20.3 Å². The maximum atomic E-state index is 6.53. The van der Waals surface area contributed by atoms with Crippen molar-refractivity contribution in [2.45, 2.75) is 79.1 Å². The average molecular weight is 421 g/mol. The molecular weight excluding hydrogens is 387 g/mol. The van der Waals surface area contributed by atoms with Crippen LogP contribution in [0.25, 0.3) is 0 Å². The summed E-state index contributed by atoms with van der Waals surface area (Å²) < 4.78 is 12.1. The van der Waals surface area contributed by atoms with Gasteiger partial charge in [0.15, 0.2) is 0 Å². The van der Waals surface area contributed by atoms with Crippen LogP contribution in [0.1, 0.15) is 101 Å². The first-order valence-corrected chi connectivity index (χ1v) is 12.3. The van der Waals surface area contributed by atoms with Crippen LogP contribution < -0.4 is 9.05 Å². The van der Waals surface area contributed by atoms with Crippen LogP contribution in [0.5, 0.6) is 11.5 Å². The quantitative estimate of drug-likeness (QED) is 0.396. The number of rotatable bonds is 8. The molecule has 2 aromatic carbocycles. The fourth-order valence-electron chi connectivity index (χ4n) is 3.09. The van der Waals surface area contributed by atoms with Gasteiger partial charge in [-0.05, 0) is 69.3 Å². The first kappa shape index (κ1) is 23.0. The molecule has 0 radical (unpaired) electrons. The van der Waals surface area contributed by atoms with E-state index in [-0.39, 0.29) is 0 Å². The zero-order valence-corrected chi connectivity index (χ0v) is 20.1. The van der Waals surface area contributed by atoms with Gasteiger partial charge in [-0.25, -0.2) is 0 Å². The Bertz CT molecular complexity index is 719. The highest BCUT2D eigenvalue weighted by Crippen LogP contribution is 2.48. The summed E-state index contributed by atoms with van der Waals surface area (Å²) in [5.41, 5.74) is 4.95. The number of benzene rings is 2. The Morgan fingerprint density at radius 1 is 0.607 bits per heavy atom. The normalized spacial score (nSPS) is 11.9. The second kappa shape index (κ2) is 9.99. The maximum absolute atomic E-state index is 6.53. The van der Waals surface area contributed by atoms with Crippen molar-refractivity contribution in [2.75, 3.05) is 0 Å². The van der Waals surface area contributed by atoms with Gasteiger partial charge in [0.05, 0.1) is 0 Å². The predicted molar refractivity (Wildman–Crippen MR) is 123 cm³/mol. The van der Waals surface area contributed by atoms with E-state index >= 15 is 0 Å². The van der Waals surface area contributed by atoms with E-state index in [1.54, 1.807) is 0 Å². The first-order valence-electron chi connectivity index (χ1n) is 10.2. The van der Waals surface area contributed by atoms with Gasteiger partial charge in [-0.2, -0.15) is 0 Å². The van der Waals surface area contributed by atoms with E-state index in [2.05, 4.69) is 79.7 Å². The SMILES string of the molecule is CC(C)c1ccc(OP(Cl)Oc2ccc(C(C)C)cc2C(C)C)c(C(C)C)c1. The smallest absolute Gasteiger partial charge is 0.401 e. The molecule has 154 valence electrons. The Morgan fingerprint density at radius 3 is 1.25 bits per heavy atom. The molecule has 0 spiro atoms. The molecule has 0 heterocycles. The fraction of sp³-hybridized carbons (Fsp3) is 0.500. The van der Waals surface area contributed by atoms with Crippen molar-refractivity contribution in [3.05, 3.63) is 58.7 Å². The van der Waals surface area contributed by atoms with E-state index in [0.29, 0.717) is 23.7 Å². The van der Waals surface area contributed by atoms with Crippen molar-refractivity contribution in [3.63, 3.8) is 0 Å². The van der Waals surface area contributed by atoms with Crippen LogP contribution >= 0.6 is 19.0 Å². The molecule has 0 atom stereocenters. The molecule has 0 saturated carbocycles. The molecule has 0 aliphatic carbocycles. The van der Waals surface area contributed by atoms with Crippen molar-refractivity contribution in [3.8, 4) is 11.5 Å². The van der Waals surface area contributed by atoms with Gasteiger partial charge in [0, 0.05) is 0 Å². The molecule has 2 aromatic rings. The van der Waals surface area contributed by atoms with Crippen LogP contribution in [-0.2, 0) is 0 Å². The Hall–Kier alpha value is -1.24. The lowest BCUT2D eigenvalue weighted by Gasteiger charge is -2.21. The third-order valence-corrected chi connectivity index (χ3v) is 6.08. The van der Waals surface area contributed by atoms with Gasteiger partial charge in [0.2, 0.25) is 0 Å². The lowest BCUT2D eigenvalue weighted by molar-refractivity contribution is 0.496. The molecule has 4 heteroatoms. The second-order valence-electron chi connectivity index (χ2n) is 8.61. The molecule has 0 aliphatic heterocycles. The minimum absolute atomic E-state index is 0.352. The average Bonchev–Trinajstić information content (AvgIpc) is 2.61. The summed E-state index contributed by atoms with van der Waals surface area (Å²) in [6.45, 7) is 17.5. The molecule has 0 saturated heterocycles. The zero-order chi connectivity index (χ0) is 21.0. The minimum Gasteiger partial charge on any atom is -0.427 e. The van der Waals surface area contributed by atoms with Gasteiger partial charge >= 0.3 is 7.73 Å². The summed E-state index contributed by atoms with van der Waals surface area (Å²) in [6.07, 6.45) is 0. The monoisotopic (exact) mass is 420 g/mol. The molecule has 0 aromatic heterocycles. The number of halogens is 1. The Balaban J connectivity index is 2.24.